The first-order valence-corrected chi connectivity index (χ1v) is 22.2. The van der Waals surface area contributed by atoms with Gasteiger partial charge in [-0.15, -0.1) is 0 Å². The Hall–Kier alpha value is -7.12. The molecular weight excluding hydrogens is 819 g/mol. The Morgan fingerprint density at radius 2 is 1.41 bits per heavy atom. The third-order valence-electron chi connectivity index (χ3n) is 10.4. The van der Waals surface area contributed by atoms with E-state index in [2.05, 4.69) is 15.3 Å². The summed E-state index contributed by atoms with van der Waals surface area (Å²) in [5.74, 6) is 0.731. The van der Waals surface area contributed by atoms with Crippen LogP contribution in [0, 0.1) is 0 Å². The maximum absolute atomic E-state index is 15.0. The molecule has 0 unspecified atom stereocenters. The molecular formula is C49H47N5O8S. The lowest BCUT2D eigenvalue weighted by molar-refractivity contribution is -0.129. The van der Waals surface area contributed by atoms with Gasteiger partial charge in [0.25, 0.3) is 5.91 Å². The van der Waals surface area contributed by atoms with E-state index in [-0.39, 0.29) is 36.1 Å². The first-order chi connectivity index (χ1) is 30.8. The van der Waals surface area contributed by atoms with Crippen molar-refractivity contribution >= 4 is 27.3 Å². The number of carbonyl (C=O) groups is 1. The molecule has 2 N–H and O–H groups in total. The van der Waals surface area contributed by atoms with Gasteiger partial charge in [0, 0.05) is 47.7 Å². The molecule has 13 nitrogen and oxygen atoms in total. The molecule has 0 bridgehead atoms. The Bertz CT molecular complexity index is 2640. The Morgan fingerprint density at radius 1 is 0.778 bits per heavy atom. The minimum Gasteiger partial charge on any atom is -0.494 e. The normalized spacial score (nSPS) is 15.6. The highest BCUT2D eigenvalue weighted by Crippen LogP contribution is 2.46. The van der Waals surface area contributed by atoms with Crippen molar-refractivity contribution in [2.45, 2.75) is 49.0 Å². The third kappa shape index (κ3) is 11.2. The van der Waals surface area contributed by atoms with Gasteiger partial charge in [-0.1, -0.05) is 114 Å². The fourth-order valence-electron chi connectivity index (χ4n) is 7.12. The van der Waals surface area contributed by atoms with Crippen molar-refractivity contribution < 1.29 is 37.3 Å². The zero-order valence-corrected chi connectivity index (χ0v) is 35.3. The van der Waals surface area contributed by atoms with E-state index in [9.17, 15) is 23.8 Å². The number of aliphatic imine (C=N–C) groups is 1. The summed E-state index contributed by atoms with van der Waals surface area (Å²) in [4.78, 5) is 23.1. The van der Waals surface area contributed by atoms with E-state index in [0.29, 0.717) is 61.0 Å². The molecule has 0 spiro atoms. The second-order valence-electron chi connectivity index (χ2n) is 14.8. The molecule has 63 heavy (non-hydrogen) atoms. The van der Waals surface area contributed by atoms with Gasteiger partial charge in [-0.05, 0) is 77.2 Å². The molecule has 6 aromatic rings. The van der Waals surface area contributed by atoms with Crippen LogP contribution in [0.25, 0.3) is 10.4 Å². The van der Waals surface area contributed by atoms with Crippen LogP contribution in [0.4, 0.5) is 5.69 Å². The van der Waals surface area contributed by atoms with Crippen molar-refractivity contribution in [2.24, 2.45) is 10.1 Å². The number of hydrogen-bond acceptors (Lipinski definition) is 10. The van der Waals surface area contributed by atoms with Crippen molar-refractivity contribution in [3.05, 3.63) is 196 Å². The molecule has 2 atom stereocenters. The number of amides is 1. The zero-order chi connectivity index (χ0) is 43.9. The molecule has 1 amide bonds. The van der Waals surface area contributed by atoms with E-state index >= 15 is 0 Å². The molecule has 14 heteroatoms. The van der Waals surface area contributed by atoms with Crippen LogP contribution >= 0.6 is 0 Å². The summed E-state index contributed by atoms with van der Waals surface area (Å²) in [6, 6.07) is 46.9. The average molecular weight is 866 g/mol. The largest absolute Gasteiger partial charge is 0.494 e. The molecule has 0 aromatic heterocycles. The van der Waals surface area contributed by atoms with Crippen molar-refractivity contribution in [1.29, 1.82) is 0 Å². The Kier molecular flexibility index (Phi) is 14.7. The molecule has 1 aliphatic heterocycles. The summed E-state index contributed by atoms with van der Waals surface area (Å²) in [5.41, 5.74) is 11.6. The predicted octanol–water partition coefficient (Wildman–Crippen LogP) is 9.03. The fraction of sp³-hybridized carbons (Fsp3) is 0.224. The number of aliphatic hydroxyl groups is 1. The van der Waals surface area contributed by atoms with Gasteiger partial charge >= 0.3 is 0 Å². The molecule has 1 aliphatic rings. The summed E-state index contributed by atoms with van der Waals surface area (Å²) in [6.07, 6.45) is -0.632. The Morgan fingerprint density at radius 3 is 2.08 bits per heavy atom. The fourth-order valence-corrected chi connectivity index (χ4v) is 8.50. The van der Waals surface area contributed by atoms with Crippen LogP contribution in [-0.4, -0.2) is 56.4 Å². The molecule has 7 rings (SSSR count). The molecule has 0 saturated heterocycles. The number of carbonyl (C=O) groups excluding carboxylic acids is 1. The highest BCUT2D eigenvalue weighted by Gasteiger charge is 2.54. The van der Waals surface area contributed by atoms with Gasteiger partial charge in [-0.2, -0.15) is 0 Å². The molecule has 1 heterocycles. The van der Waals surface area contributed by atoms with Crippen molar-refractivity contribution in [3.63, 3.8) is 0 Å². The Labute approximate surface area is 366 Å². The van der Waals surface area contributed by atoms with Crippen molar-refractivity contribution in [1.82, 2.24) is 5.32 Å². The van der Waals surface area contributed by atoms with Crippen LogP contribution in [0.1, 0.15) is 46.8 Å². The van der Waals surface area contributed by atoms with Crippen LogP contribution in [0.5, 0.6) is 17.2 Å². The maximum atomic E-state index is 15.0. The quantitative estimate of drug-likeness (QED) is 0.0311. The van der Waals surface area contributed by atoms with Crippen LogP contribution in [0.2, 0.25) is 0 Å². The van der Waals surface area contributed by atoms with Gasteiger partial charge < -0.3 is 29.4 Å². The molecule has 322 valence electrons. The lowest BCUT2D eigenvalue weighted by Gasteiger charge is -2.31. The third-order valence-corrected chi connectivity index (χ3v) is 12.2. The number of nitrogens with zero attached hydrogens (tertiary/aromatic N) is 4. The van der Waals surface area contributed by atoms with Crippen molar-refractivity contribution in [2.75, 3.05) is 25.5 Å². The molecule has 0 saturated carbocycles. The van der Waals surface area contributed by atoms with E-state index in [4.69, 9.17) is 23.9 Å². The van der Waals surface area contributed by atoms with Crippen LogP contribution in [0.3, 0.4) is 0 Å². The van der Waals surface area contributed by atoms with Crippen LogP contribution in [-0.2, 0) is 39.0 Å². The number of hydrogen-bond donors (Lipinski definition) is 2. The maximum Gasteiger partial charge on any atom is 0.252 e. The minimum absolute atomic E-state index is 0.00772. The van der Waals surface area contributed by atoms with Gasteiger partial charge in [0.2, 0.25) is 5.90 Å². The highest BCUT2D eigenvalue weighted by atomic mass is 32.2. The van der Waals surface area contributed by atoms with E-state index < -0.39 is 33.1 Å². The standard InChI is InChI=1S/C49H47N5O8S/c50-54-53-43-20-11-10-19-42(43)46-49(28-32-63(57,58)41-17-8-3-9-18-41,52-47(62-46)39-22-24-40(25-23-39)59-31-12-30-55)48(56)51-29-27-36-21-26-44(60-34-37-13-4-1-5-14-37)45(33-36)61-35-38-15-6-2-7-16-38/h1-11,13-26,33,46,55H,12,27-32,34-35H2,(H,51,56)/t46-,49-/m1/s1. The minimum atomic E-state index is -3.91. The van der Waals surface area contributed by atoms with Gasteiger partial charge in [-0.3, -0.25) is 4.79 Å². The summed E-state index contributed by atoms with van der Waals surface area (Å²) >= 11 is 0. The molecule has 0 fully saturated rings. The number of azide groups is 1. The van der Waals surface area contributed by atoms with Gasteiger partial charge in [0.15, 0.2) is 33.0 Å². The number of benzene rings is 6. The number of sulfone groups is 1. The summed E-state index contributed by atoms with van der Waals surface area (Å²) < 4.78 is 52.5. The SMILES string of the molecule is [N-]=[N+]=Nc1ccccc1[C@H]1OC(c2ccc(OCCCO)cc2)=N[C@@]1(CCS(=O)(=O)c1ccccc1)C(=O)NCCc1ccc(OCc2ccccc2)c(OCc2ccccc2)c1. The summed E-state index contributed by atoms with van der Waals surface area (Å²) in [6.45, 7) is 1.11. The number of ether oxygens (including phenoxy) is 4. The first kappa shape index (κ1) is 44.0. The summed E-state index contributed by atoms with van der Waals surface area (Å²) in [7, 11) is -3.91. The van der Waals surface area contributed by atoms with Crippen LogP contribution in [0.15, 0.2) is 173 Å². The smallest absolute Gasteiger partial charge is 0.252 e. The van der Waals surface area contributed by atoms with Crippen molar-refractivity contribution in [3.8, 4) is 17.2 Å². The van der Waals surface area contributed by atoms with Gasteiger partial charge in [0.1, 0.15) is 19.0 Å². The second-order valence-corrected chi connectivity index (χ2v) is 16.9. The predicted molar refractivity (Wildman–Crippen MR) is 240 cm³/mol. The van der Waals surface area contributed by atoms with Gasteiger partial charge in [-0.25, -0.2) is 13.4 Å². The van der Waals surface area contributed by atoms with E-state index in [1.165, 1.54) is 12.1 Å². The lowest BCUT2D eigenvalue weighted by Crippen LogP contribution is -2.49. The topological polar surface area (TPSA) is 182 Å². The average Bonchev–Trinajstić information content (AvgIpc) is 3.72. The Balaban J connectivity index is 1.20. The number of aliphatic hydroxyl groups excluding tert-OH is 1. The monoisotopic (exact) mass is 865 g/mol. The first-order valence-electron chi connectivity index (χ1n) is 20.5. The lowest BCUT2D eigenvalue weighted by atomic mass is 9.84. The highest BCUT2D eigenvalue weighted by molar-refractivity contribution is 7.91. The van der Waals surface area contributed by atoms with Crippen LogP contribution < -0.4 is 19.5 Å². The molecule has 0 radical (unpaired) electrons. The molecule has 6 aromatic carbocycles. The molecule has 0 aliphatic carbocycles. The zero-order valence-electron chi connectivity index (χ0n) is 34.5. The van der Waals surface area contributed by atoms with E-state index in [0.717, 1.165) is 16.7 Å². The second kappa shape index (κ2) is 21.1. The summed E-state index contributed by atoms with van der Waals surface area (Å²) in [5, 5.41) is 16.1. The van der Waals surface area contributed by atoms with E-state index in [1.54, 1.807) is 66.7 Å². The number of nitrogens with one attached hydrogen (secondary N) is 1. The van der Waals surface area contributed by atoms with E-state index in [1.807, 2.05) is 78.9 Å². The van der Waals surface area contributed by atoms with Gasteiger partial charge in [0.05, 0.1) is 17.3 Å². The number of rotatable bonds is 21.